The van der Waals surface area contributed by atoms with Gasteiger partial charge >= 0.3 is 0 Å². The second kappa shape index (κ2) is 7.96. The predicted molar refractivity (Wildman–Crippen MR) is 136 cm³/mol. The van der Waals surface area contributed by atoms with E-state index in [1.54, 1.807) is 24.4 Å². The number of anilines is 1. The van der Waals surface area contributed by atoms with E-state index < -0.39 is 23.1 Å². The fourth-order valence-electron chi connectivity index (χ4n) is 6.93. The Morgan fingerprint density at radius 2 is 1.97 bits per heavy atom. The lowest BCUT2D eigenvalue weighted by Crippen LogP contribution is -2.61. The van der Waals surface area contributed by atoms with Gasteiger partial charge in [-0.15, -0.1) is 0 Å². The number of nitriles is 1. The zero-order valence-corrected chi connectivity index (χ0v) is 20.9. The third-order valence-corrected chi connectivity index (χ3v) is 8.20. The smallest absolute Gasteiger partial charge is 0.268 e. The lowest BCUT2D eigenvalue weighted by Gasteiger charge is -2.69. The van der Waals surface area contributed by atoms with E-state index in [2.05, 4.69) is 22.0 Å². The van der Waals surface area contributed by atoms with E-state index in [0.717, 1.165) is 25.5 Å². The Morgan fingerprint density at radius 3 is 2.69 bits per heavy atom. The molecule has 9 nitrogen and oxygen atoms in total. The molecule has 0 atom stereocenters. The molecule has 11 heteroatoms. The van der Waals surface area contributed by atoms with Crippen molar-refractivity contribution < 1.29 is 18.3 Å². The van der Waals surface area contributed by atoms with Gasteiger partial charge in [0.15, 0.2) is 6.61 Å². The van der Waals surface area contributed by atoms with Crippen LogP contribution in [0.4, 0.5) is 14.5 Å². The molecule has 3 aliphatic carbocycles. The monoisotopic (exact) mass is 528 g/mol. The van der Waals surface area contributed by atoms with Gasteiger partial charge in [-0.2, -0.15) is 10.4 Å². The maximum Gasteiger partial charge on any atom is 0.268 e. The summed E-state index contributed by atoms with van der Waals surface area (Å²) in [6.45, 7) is 2.47. The summed E-state index contributed by atoms with van der Waals surface area (Å²) in [6, 6.07) is 7.68. The van der Waals surface area contributed by atoms with E-state index in [4.69, 9.17) is 4.74 Å². The molecule has 4 heterocycles. The van der Waals surface area contributed by atoms with Crippen molar-refractivity contribution in [2.24, 2.45) is 10.8 Å². The molecule has 2 bridgehead atoms. The number of halogens is 2. The highest BCUT2D eigenvalue weighted by Gasteiger charge is 2.64. The van der Waals surface area contributed by atoms with Crippen LogP contribution >= 0.6 is 0 Å². The van der Waals surface area contributed by atoms with Gasteiger partial charge in [-0.25, -0.2) is 13.5 Å². The Labute approximate surface area is 220 Å². The van der Waals surface area contributed by atoms with Gasteiger partial charge in [-0.1, -0.05) is 13.0 Å². The molecule has 4 aromatic rings. The number of fused-ring (bicyclic) bond motifs is 2. The molecule has 3 fully saturated rings. The first-order valence-electron chi connectivity index (χ1n) is 12.6. The number of nitrogens with zero attached hydrogens (tertiary/aromatic N) is 5. The molecular formula is C28H22F2N6O3. The Morgan fingerprint density at radius 1 is 1.18 bits per heavy atom. The molecule has 0 radical (unpaired) electrons. The highest BCUT2D eigenvalue weighted by Crippen LogP contribution is 2.73. The molecule has 1 aromatic carbocycles. The number of hydrogen-bond donors (Lipinski definition) is 1. The third kappa shape index (κ3) is 3.55. The van der Waals surface area contributed by atoms with Crippen molar-refractivity contribution in [3.8, 4) is 22.9 Å². The Kier molecular flexibility index (Phi) is 4.80. The summed E-state index contributed by atoms with van der Waals surface area (Å²) in [7, 11) is 0. The van der Waals surface area contributed by atoms with Gasteiger partial charge in [0.25, 0.3) is 11.5 Å². The fraction of sp³-hybridized carbons (Fsp3) is 0.321. The highest BCUT2D eigenvalue weighted by molar-refractivity contribution is 6.00. The minimum atomic E-state index is -0.859. The number of hydrogen-bond acceptors (Lipinski definition) is 6. The van der Waals surface area contributed by atoms with Crippen LogP contribution in [0.5, 0.6) is 5.75 Å². The molecule has 3 aromatic heterocycles. The summed E-state index contributed by atoms with van der Waals surface area (Å²) in [5.74, 6) is -1.77. The van der Waals surface area contributed by atoms with Crippen molar-refractivity contribution in [2.75, 3.05) is 11.5 Å². The van der Waals surface area contributed by atoms with E-state index in [1.807, 2.05) is 10.8 Å². The van der Waals surface area contributed by atoms with Crippen LogP contribution < -0.4 is 15.2 Å². The molecule has 1 amide bonds. The molecule has 3 saturated carbocycles. The molecule has 4 aliphatic rings. The van der Waals surface area contributed by atoms with Gasteiger partial charge in [0.1, 0.15) is 34.7 Å². The minimum absolute atomic E-state index is 0.0543. The number of pyridine rings is 2. The van der Waals surface area contributed by atoms with Crippen molar-refractivity contribution in [1.82, 2.24) is 19.7 Å². The first-order valence-corrected chi connectivity index (χ1v) is 12.6. The second-order valence-electron chi connectivity index (χ2n) is 11.3. The van der Waals surface area contributed by atoms with Crippen LogP contribution in [0, 0.1) is 33.8 Å². The summed E-state index contributed by atoms with van der Waals surface area (Å²) in [4.78, 5) is 33.6. The van der Waals surface area contributed by atoms with Crippen LogP contribution in [0.1, 0.15) is 37.4 Å². The zero-order chi connectivity index (χ0) is 27.1. The summed E-state index contributed by atoms with van der Waals surface area (Å²) in [5, 5.41) is 15.1. The lowest BCUT2D eigenvalue weighted by atomic mass is 9.36. The Balaban J connectivity index is 1.29. The van der Waals surface area contributed by atoms with E-state index >= 15 is 0 Å². The van der Waals surface area contributed by atoms with Crippen LogP contribution in [0.2, 0.25) is 0 Å². The van der Waals surface area contributed by atoms with Crippen LogP contribution in [0.15, 0.2) is 41.5 Å². The van der Waals surface area contributed by atoms with Crippen LogP contribution in [0.3, 0.4) is 0 Å². The predicted octanol–water partition coefficient (Wildman–Crippen LogP) is 4.05. The highest BCUT2D eigenvalue weighted by atomic mass is 19.1. The van der Waals surface area contributed by atoms with E-state index in [0.29, 0.717) is 51.6 Å². The van der Waals surface area contributed by atoms with Gasteiger partial charge < -0.3 is 9.72 Å². The van der Waals surface area contributed by atoms with Crippen molar-refractivity contribution in [3.63, 3.8) is 0 Å². The zero-order valence-electron chi connectivity index (χ0n) is 20.9. The topological polar surface area (TPSA) is 117 Å². The largest absolute Gasteiger partial charge is 0.482 e. The first-order chi connectivity index (χ1) is 18.7. The van der Waals surface area contributed by atoms with Crippen molar-refractivity contribution in [2.45, 2.75) is 39.3 Å². The molecule has 8 rings (SSSR count). The fourth-order valence-corrected chi connectivity index (χ4v) is 6.93. The molecule has 1 aliphatic heterocycles. The van der Waals surface area contributed by atoms with Crippen molar-refractivity contribution in [3.05, 3.63) is 69.9 Å². The number of aromatic nitrogens is 4. The van der Waals surface area contributed by atoms with Gasteiger partial charge in [0.2, 0.25) is 0 Å². The van der Waals surface area contributed by atoms with Crippen molar-refractivity contribution >= 4 is 22.6 Å². The maximum atomic E-state index is 14.3. The number of rotatable bonds is 5. The normalized spacial score (nSPS) is 23.0. The number of carbonyl (C=O) groups excluding carboxylic acids is 1. The molecular weight excluding hydrogens is 506 g/mol. The van der Waals surface area contributed by atoms with Crippen LogP contribution in [0.25, 0.3) is 22.2 Å². The number of aromatic amines is 1. The summed E-state index contributed by atoms with van der Waals surface area (Å²) < 4.78 is 35.1. The average Bonchev–Trinajstić information content (AvgIpc) is 3.26. The van der Waals surface area contributed by atoms with E-state index in [9.17, 15) is 23.6 Å². The number of benzene rings is 1. The van der Waals surface area contributed by atoms with Gasteiger partial charge in [-0.3, -0.25) is 19.5 Å². The number of nitrogens with one attached hydrogen (secondary N) is 1. The molecule has 39 heavy (non-hydrogen) atoms. The Bertz CT molecular complexity index is 1800. The maximum absolute atomic E-state index is 14.3. The van der Waals surface area contributed by atoms with Crippen LogP contribution in [-0.2, 0) is 17.9 Å². The molecule has 0 spiro atoms. The average molecular weight is 529 g/mol. The van der Waals surface area contributed by atoms with Gasteiger partial charge in [-0.05, 0) is 47.8 Å². The third-order valence-electron chi connectivity index (χ3n) is 8.20. The van der Waals surface area contributed by atoms with E-state index in [1.165, 1.54) is 4.90 Å². The van der Waals surface area contributed by atoms with Crippen LogP contribution in [-0.4, -0.2) is 32.3 Å². The molecule has 0 saturated heterocycles. The number of carbonyl (C=O) groups is 1. The van der Waals surface area contributed by atoms with Crippen molar-refractivity contribution in [1.29, 1.82) is 5.26 Å². The molecule has 196 valence electrons. The number of ether oxygens (including phenoxy) is 1. The first kappa shape index (κ1) is 23.5. The molecule has 0 unspecified atom stereocenters. The standard InChI is InChI=1S/C28H22F2N6O3/c1-27-11-28(12-27,13-27)14-36-25-18(8-33-36)24(17(6-31)26(38)34-25)15-2-3-21-22(4-15)39-10-23(37)35(21)9-20-19(30)5-16(29)7-32-20/h2-5,7-8H,9-14H2,1H3,(H,34,38). The minimum Gasteiger partial charge on any atom is -0.482 e. The molecule has 1 N–H and O–H groups in total. The quantitative estimate of drug-likeness (QED) is 0.418. The number of H-pyrrole nitrogens is 1. The van der Waals surface area contributed by atoms with Gasteiger partial charge in [0, 0.05) is 23.6 Å². The Hall–Kier alpha value is -4.59. The van der Waals surface area contributed by atoms with E-state index in [-0.39, 0.29) is 29.8 Å². The summed E-state index contributed by atoms with van der Waals surface area (Å²) in [5.41, 5.74) is 1.88. The summed E-state index contributed by atoms with van der Waals surface area (Å²) >= 11 is 0. The summed E-state index contributed by atoms with van der Waals surface area (Å²) in [6.07, 6.45) is 5.98. The van der Waals surface area contributed by atoms with Gasteiger partial charge in [0.05, 0.1) is 30.3 Å². The second-order valence-corrected chi connectivity index (χ2v) is 11.3. The lowest BCUT2D eigenvalue weighted by molar-refractivity contribution is -0.199. The SMILES string of the molecule is CC12CC(Cn3ncc4c(-c5ccc6c(c5)OCC(=O)N6Cc5ncc(F)cc5F)c(C#N)c(=O)[nH]c43)(C1)C2. The number of amides is 1.